The van der Waals surface area contributed by atoms with Gasteiger partial charge in [-0.2, -0.15) is 0 Å². The van der Waals surface area contributed by atoms with E-state index in [0.717, 1.165) is 20.9 Å². The first-order valence-electron chi connectivity index (χ1n) is 6.92. The molecule has 0 aliphatic rings. The van der Waals surface area contributed by atoms with Crippen molar-refractivity contribution in [1.29, 1.82) is 0 Å². The molecule has 22 heavy (non-hydrogen) atoms. The van der Waals surface area contributed by atoms with Crippen molar-refractivity contribution in [3.05, 3.63) is 59.7 Å². The molecule has 0 saturated heterocycles. The zero-order valence-electron chi connectivity index (χ0n) is 13.2. The summed E-state index contributed by atoms with van der Waals surface area (Å²) in [5, 5.41) is 0. The van der Waals surface area contributed by atoms with Crippen LogP contribution in [0.4, 0.5) is 0 Å². The van der Waals surface area contributed by atoms with Gasteiger partial charge in [0.2, 0.25) is 0 Å². The molecule has 2 aromatic carbocycles. The molecule has 3 nitrogen and oxygen atoms in total. The van der Waals surface area contributed by atoms with E-state index >= 15 is 0 Å². The number of carbonyl (C=O) groups excluding carboxylic acids is 1. The summed E-state index contributed by atoms with van der Waals surface area (Å²) in [4.78, 5) is 14.9. The molecule has 0 aliphatic carbocycles. The van der Waals surface area contributed by atoms with Crippen LogP contribution in [0.5, 0.6) is 0 Å². The van der Waals surface area contributed by atoms with Gasteiger partial charge in [-0.05, 0) is 64.2 Å². The fourth-order valence-corrected chi connectivity index (χ4v) is 3.72. The Morgan fingerprint density at radius 1 is 0.818 bits per heavy atom. The van der Waals surface area contributed by atoms with E-state index in [2.05, 4.69) is 6.07 Å². The van der Waals surface area contributed by atoms with Gasteiger partial charge in [0.25, 0.3) is 0 Å². The van der Waals surface area contributed by atoms with Crippen molar-refractivity contribution in [2.24, 2.45) is 0 Å². The molecular weight excluding hydrogens is 312 g/mol. The maximum absolute atomic E-state index is 12.8. The monoisotopic (exact) mass is 332 g/mol. The Labute approximate surface area is 141 Å². The fraction of sp³-hybridized carbons (Fsp3) is 0.235. The fourth-order valence-electron chi connectivity index (χ4n) is 1.98. The number of benzene rings is 2. The summed E-state index contributed by atoms with van der Waals surface area (Å²) in [6.45, 7) is 0. The van der Waals surface area contributed by atoms with Crippen LogP contribution in [-0.2, 0) is 0 Å². The predicted octanol–water partition coefficient (Wildman–Crippen LogP) is 4.06. The molecule has 2 rings (SSSR count). The lowest BCUT2D eigenvalue weighted by Crippen LogP contribution is -2.08. The summed E-state index contributed by atoms with van der Waals surface area (Å²) in [7, 11) is 7.97. The van der Waals surface area contributed by atoms with Crippen molar-refractivity contribution in [2.75, 3.05) is 28.2 Å². The van der Waals surface area contributed by atoms with Gasteiger partial charge < -0.3 is 0 Å². The minimum absolute atomic E-state index is 0.0613. The number of rotatable bonds is 6. The molecule has 0 bridgehead atoms. The van der Waals surface area contributed by atoms with Crippen LogP contribution in [0.1, 0.15) is 15.9 Å². The maximum Gasteiger partial charge on any atom is 0.194 e. The second-order valence-electron chi connectivity index (χ2n) is 5.14. The molecule has 0 spiro atoms. The molecule has 116 valence electrons. The second kappa shape index (κ2) is 7.83. The first kappa shape index (κ1) is 17.1. The maximum atomic E-state index is 12.8. The summed E-state index contributed by atoms with van der Waals surface area (Å²) >= 11 is 3.21. The molecule has 5 heteroatoms. The van der Waals surface area contributed by atoms with Crippen molar-refractivity contribution in [2.45, 2.75) is 9.79 Å². The van der Waals surface area contributed by atoms with Crippen LogP contribution >= 0.6 is 23.9 Å². The molecule has 0 amide bonds. The summed E-state index contributed by atoms with van der Waals surface area (Å²) in [6.07, 6.45) is 0. The topological polar surface area (TPSA) is 23.6 Å². The van der Waals surface area contributed by atoms with Crippen LogP contribution in [-0.4, -0.2) is 42.6 Å². The molecule has 0 fully saturated rings. The molecular formula is C17H20N2OS2. The van der Waals surface area contributed by atoms with Gasteiger partial charge in [0.05, 0.1) is 0 Å². The molecule has 0 aliphatic heterocycles. The normalized spacial score (nSPS) is 11.2. The lowest BCUT2D eigenvalue weighted by molar-refractivity contribution is 0.103. The lowest BCUT2D eigenvalue weighted by atomic mass is 10.0. The Morgan fingerprint density at radius 2 is 1.45 bits per heavy atom. The van der Waals surface area contributed by atoms with Crippen molar-refractivity contribution in [3.63, 3.8) is 0 Å². The van der Waals surface area contributed by atoms with Gasteiger partial charge in [-0.25, -0.2) is 0 Å². The third-order valence-electron chi connectivity index (χ3n) is 2.81. The van der Waals surface area contributed by atoms with Crippen LogP contribution < -0.4 is 0 Å². The van der Waals surface area contributed by atoms with E-state index < -0.39 is 0 Å². The molecule has 0 N–H and O–H groups in total. The average molecular weight is 332 g/mol. The second-order valence-corrected chi connectivity index (χ2v) is 7.81. The van der Waals surface area contributed by atoms with E-state index in [9.17, 15) is 4.79 Å². The molecule has 2 aromatic rings. The Kier molecular flexibility index (Phi) is 6.08. The minimum Gasteiger partial charge on any atom is -0.289 e. The van der Waals surface area contributed by atoms with Gasteiger partial charge in [-0.15, -0.1) is 0 Å². The highest BCUT2D eigenvalue weighted by molar-refractivity contribution is 8.00. The smallest absolute Gasteiger partial charge is 0.194 e. The highest BCUT2D eigenvalue weighted by Gasteiger charge is 2.18. The first-order valence-corrected chi connectivity index (χ1v) is 8.47. The Bertz CT molecular complexity index is 642. The molecule has 0 heterocycles. The van der Waals surface area contributed by atoms with Crippen LogP contribution in [0, 0.1) is 0 Å². The Balaban J connectivity index is 2.47. The summed E-state index contributed by atoms with van der Waals surface area (Å²) < 4.78 is 4.04. The molecule has 0 unspecified atom stereocenters. The SMILES string of the molecule is CN(C)Sc1cccc(C(=O)c2ccccc2)c1SN(C)C. The minimum atomic E-state index is 0.0613. The van der Waals surface area contributed by atoms with E-state index in [0.29, 0.717) is 0 Å². The standard InChI is InChI=1S/C17H20N2OS2/c1-18(2)21-15-12-8-11-14(17(15)22-19(3)4)16(20)13-9-6-5-7-10-13/h5-12H,1-4H3. The van der Waals surface area contributed by atoms with E-state index in [1.807, 2.05) is 79.3 Å². The zero-order chi connectivity index (χ0) is 16.1. The van der Waals surface area contributed by atoms with E-state index in [1.54, 1.807) is 23.9 Å². The number of carbonyl (C=O) groups is 1. The molecule has 0 radical (unpaired) electrons. The number of ketones is 1. The first-order chi connectivity index (χ1) is 10.5. The van der Waals surface area contributed by atoms with Crippen LogP contribution in [0.2, 0.25) is 0 Å². The van der Waals surface area contributed by atoms with Crippen molar-refractivity contribution >= 4 is 29.7 Å². The van der Waals surface area contributed by atoms with Crippen LogP contribution in [0.15, 0.2) is 58.3 Å². The van der Waals surface area contributed by atoms with Crippen molar-refractivity contribution < 1.29 is 4.79 Å². The molecule has 0 aromatic heterocycles. The largest absolute Gasteiger partial charge is 0.289 e. The number of nitrogens with zero attached hydrogens (tertiary/aromatic N) is 2. The van der Waals surface area contributed by atoms with E-state index in [-0.39, 0.29) is 5.78 Å². The van der Waals surface area contributed by atoms with Gasteiger partial charge in [-0.3, -0.25) is 13.4 Å². The zero-order valence-corrected chi connectivity index (χ0v) is 14.9. The van der Waals surface area contributed by atoms with Crippen LogP contribution in [0.3, 0.4) is 0 Å². The number of hydrogen-bond acceptors (Lipinski definition) is 5. The van der Waals surface area contributed by atoms with Crippen molar-refractivity contribution in [3.8, 4) is 0 Å². The van der Waals surface area contributed by atoms with Gasteiger partial charge in [0.15, 0.2) is 5.78 Å². The summed E-state index contributed by atoms with van der Waals surface area (Å²) in [6, 6.07) is 15.3. The van der Waals surface area contributed by atoms with E-state index in [1.165, 1.54) is 0 Å². The van der Waals surface area contributed by atoms with Crippen LogP contribution in [0.25, 0.3) is 0 Å². The summed E-state index contributed by atoms with van der Waals surface area (Å²) in [5.74, 6) is 0.0613. The lowest BCUT2D eigenvalue weighted by Gasteiger charge is -2.18. The van der Waals surface area contributed by atoms with E-state index in [4.69, 9.17) is 0 Å². The van der Waals surface area contributed by atoms with Gasteiger partial charge >= 0.3 is 0 Å². The van der Waals surface area contributed by atoms with Gasteiger partial charge in [0, 0.05) is 20.9 Å². The molecule has 0 atom stereocenters. The highest BCUT2D eigenvalue weighted by atomic mass is 32.2. The Morgan fingerprint density at radius 3 is 2.05 bits per heavy atom. The number of hydrogen-bond donors (Lipinski definition) is 0. The summed E-state index contributed by atoms with van der Waals surface area (Å²) in [5.41, 5.74) is 1.46. The highest BCUT2D eigenvalue weighted by Crippen LogP contribution is 2.36. The van der Waals surface area contributed by atoms with Gasteiger partial charge in [-0.1, -0.05) is 36.4 Å². The third-order valence-corrected chi connectivity index (χ3v) is 4.83. The third kappa shape index (κ3) is 4.36. The Hall–Kier alpha value is -1.27. The van der Waals surface area contributed by atoms with Crippen molar-refractivity contribution in [1.82, 2.24) is 8.61 Å². The quantitative estimate of drug-likeness (QED) is 0.586. The average Bonchev–Trinajstić information content (AvgIpc) is 2.48. The predicted molar refractivity (Wildman–Crippen MR) is 95.4 cm³/mol. The van der Waals surface area contributed by atoms with Gasteiger partial charge in [0.1, 0.15) is 0 Å². The molecule has 0 saturated carbocycles.